The van der Waals surface area contributed by atoms with Crippen molar-refractivity contribution in [3.8, 4) is 0 Å². The van der Waals surface area contributed by atoms with E-state index in [1.807, 2.05) is 0 Å². The highest BCUT2D eigenvalue weighted by Crippen LogP contribution is 2.35. The number of piperidine rings is 3. The second-order valence-electron chi connectivity index (χ2n) is 4.52. The second kappa shape index (κ2) is 3.57. The number of hydrogen-bond donors (Lipinski definition) is 1. The summed E-state index contributed by atoms with van der Waals surface area (Å²) in [7, 11) is 0. The fraction of sp³-hybridized carbons (Fsp3) is 0.800. The Morgan fingerprint density at radius 2 is 2.20 bits per heavy atom. The van der Waals surface area contributed by atoms with Crippen LogP contribution in [-0.4, -0.2) is 44.4 Å². The normalized spacial score (nSPS) is 34.6. The molecule has 3 fully saturated rings. The summed E-state index contributed by atoms with van der Waals surface area (Å²) < 4.78 is 2.07. The van der Waals surface area contributed by atoms with E-state index in [9.17, 15) is 5.11 Å². The van der Waals surface area contributed by atoms with Crippen molar-refractivity contribution < 1.29 is 5.11 Å². The molecule has 0 spiro atoms. The molecule has 1 aromatic heterocycles. The SMILES string of the molecule is OCc1nncn1C1CN2CCC1CC2. The average Bonchev–Trinajstić information content (AvgIpc) is 2.78. The van der Waals surface area contributed by atoms with Crippen molar-refractivity contribution in [3.05, 3.63) is 12.2 Å². The zero-order chi connectivity index (χ0) is 10.3. The Labute approximate surface area is 88.7 Å². The first-order valence-corrected chi connectivity index (χ1v) is 5.60. The molecule has 0 saturated carbocycles. The summed E-state index contributed by atoms with van der Waals surface area (Å²) in [5, 5.41) is 17.0. The monoisotopic (exact) mass is 208 g/mol. The van der Waals surface area contributed by atoms with E-state index in [-0.39, 0.29) is 6.61 Å². The third-order valence-corrected chi connectivity index (χ3v) is 3.77. The molecule has 2 bridgehead atoms. The Balaban J connectivity index is 1.88. The van der Waals surface area contributed by atoms with E-state index < -0.39 is 0 Å². The van der Waals surface area contributed by atoms with E-state index in [2.05, 4.69) is 19.7 Å². The zero-order valence-electron chi connectivity index (χ0n) is 8.71. The lowest BCUT2D eigenvalue weighted by atomic mass is 9.84. The minimum atomic E-state index is -0.0107. The molecule has 4 rings (SSSR count). The standard InChI is InChI=1S/C10H16N4O/c15-6-10-12-11-7-14(10)9-5-13-3-1-8(9)2-4-13/h7-9,15H,1-6H2. The third-order valence-electron chi connectivity index (χ3n) is 3.77. The van der Waals surface area contributed by atoms with Gasteiger partial charge in [-0.3, -0.25) is 0 Å². The Kier molecular flexibility index (Phi) is 2.21. The maximum absolute atomic E-state index is 9.17. The van der Waals surface area contributed by atoms with Gasteiger partial charge in [0.05, 0.1) is 6.04 Å². The van der Waals surface area contributed by atoms with E-state index in [1.54, 1.807) is 6.33 Å². The number of fused-ring (bicyclic) bond motifs is 3. The van der Waals surface area contributed by atoms with E-state index in [0.29, 0.717) is 11.9 Å². The molecule has 1 unspecified atom stereocenters. The minimum Gasteiger partial charge on any atom is -0.388 e. The number of aromatic nitrogens is 3. The van der Waals surface area contributed by atoms with E-state index >= 15 is 0 Å². The van der Waals surface area contributed by atoms with Crippen molar-refractivity contribution in [3.63, 3.8) is 0 Å². The van der Waals surface area contributed by atoms with Gasteiger partial charge in [-0.2, -0.15) is 0 Å². The van der Waals surface area contributed by atoms with Crippen molar-refractivity contribution in [2.45, 2.75) is 25.5 Å². The summed E-state index contributed by atoms with van der Waals surface area (Å²) >= 11 is 0. The Morgan fingerprint density at radius 3 is 2.80 bits per heavy atom. The van der Waals surface area contributed by atoms with E-state index in [1.165, 1.54) is 25.9 Å². The van der Waals surface area contributed by atoms with Gasteiger partial charge in [-0.05, 0) is 31.8 Å². The first-order chi connectivity index (χ1) is 7.38. The number of rotatable bonds is 2. The Bertz CT molecular complexity index is 343. The van der Waals surface area contributed by atoms with Gasteiger partial charge < -0.3 is 14.6 Å². The van der Waals surface area contributed by atoms with E-state index in [0.717, 1.165) is 12.5 Å². The lowest BCUT2D eigenvalue weighted by Gasteiger charge is -2.45. The highest BCUT2D eigenvalue weighted by Gasteiger charge is 2.35. The summed E-state index contributed by atoms with van der Waals surface area (Å²) in [5.74, 6) is 1.45. The van der Waals surface area contributed by atoms with Gasteiger partial charge in [0, 0.05) is 6.54 Å². The molecule has 3 saturated heterocycles. The first kappa shape index (κ1) is 9.30. The smallest absolute Gasteiger partial charge is 0.158 e. The van der Waals surface area contributed by atoms with Crippen LogP contribution in [0.3, 0.4) is 0 Å². The van der Waals surface area contributed by atoms with Gasteiger partial charge in [0.25, 0.3) is 0 Å². The molecule has 82 valence electrons. The van der Waals surface area contributed by atoms with Crippen LogP contribution in [0.1, 0.15) is 24.7 Å². The summed E-state index contributed by atoms with van der Waals surface area (Å²) in [5.41, 5.74) is 0. The third kappa shape index (κ3) is 1.46. The Morgan fingerprint density at radius 1 is 1.40 bits per heavy atom. The fourth-order valence-electron chi connectivity index (χ4n) is 2.91. The second-order valence-corrected chi connectivity index (χ2v) is 4.52. The van der Waals surface area contributed by atoms with Gasteiger partial charge in [-0.15, -0.1) is 10.2 Å². The Hall–Kier alpha value is -0.940. The maximum atomic E-state index is 9.17. The molecule has 5 heteroatoms. The van der Waals surface area contributed by atoms with Crippen molar-refractivity contribution in [1.82, 2.24) is 19.7 Å². The van der Waals surface area contributed by atoms with Gasteiger partial charge in [0.1, 0.15) is 12.9 Å². The van der Waals surface area contributed by atoms with Crippen LogP contribution in [0.15, 0.2) is 6.33 Å². The molecular formula is C10H16N4O. The van der Waals surface area contributed by atoms with E-state index in [4.69, 9.17) is 0 Å². The van der Waals surface area contributed by atoms with Crippen molar-refractivity contribution >= 4 is 0 Å². The van der Waals surface area contributed by atoms with Crippen LogP contribution in [0.4, 0.5) is 0 Å². The molecule has 15 heavy (non-hydrogen) atoms. The molecule has 3 aliphatic heterocycles. The van der Waals surface area contributed by atoms with Crippen LogP contribution in [-0.2, 0) is 6.61 Å². The van der Waals surface area contributed by atoms with Crippen LogP contribution >= 0.6 is 0 Å². The average molecular weight is 208 g/mol. The van der Waals surface area contributed by atoms with Crippen LogP contribution in [0.25, 0.3) is 0 Å². The topological polar surface area (TPSA) is 54.2 Å². The van der Waals surface area contributed by atoms with Crippen LogP contribution < -0.4 is 0 Å². The lowest BCUT2D eigenvalue weighted by Crippen LogP contribution is -2.48. The van der Waals surface area contributed by atoms with Gasteiger partial charge in [-0.25, -0.2) is 0 Å². The predicted molar refractivity (Wildman–Crippen MR) is 54.1 cm³/mol. The van der Waals surface area contributed by atoms with Crippen LogP contribution in [0.2, 0.25) is 0 Å². The van der Waals surface area contributed by atoms with Crippen molar-refractivity contribution in [2.24, 2.45) is 5.92 Å². The molecule has 1 aromatic rings. The summed E-state index contributed by atoms with van der Waals surface area (Å²) in [6.07, 6.45) is 4.31. The van der Waals surface area contributed by atoms with Gasteiger partial charge >= 0.3 is 0 Å². The molecule has 1 N–H and O–H groups in total. The molecule has 4 heterocycles. The zero-order valence-corrected chi connectivity index (χ0v) is 8.71. The quantitative estimate of drug-likeness (QED) is 0.745. The van der Waals surface area contributed by atoms with Gasteiger partial charge in [-0.1, -0.05) is 0 Å². The van der Waals surface area contributed by atoms with Gasteiger partial charge in [0.2, 0.25) is 0 Å². The first-order valence-electron chi connectivity index (χ1n) is 5.60. The highest BCUT2D eigenvalue weighted by atomic mass is 16.3. The lowest BCUT2D eigenvalue weighted by molar-refractivity contribution is 0.0537. The number of aliphatic hydroxyl groups excluding tert-OH is 1. The molecule has 1 atom stereocenters. The number of nitrogens with zero attached hydrogens (tertiary/aromatic N) is 4. The minimum absolute atomic E-state index is 0.0107. The summed E-state index contributed by atoms with van der Waals surface area (Å²) in [4.78, 5) is 2.49. The highest BCUT2D eigenvalue weighted by molar-refractivity contribution is 4.96. The van der Waals surface area contributed by atoms with Crippen LogP contribution in [0.5, 0.6) is 0 Å². The number of aliphatic hydroxyl groups is 1. The molecule has 3 aliphatic rings. The van der Waals surface area contributed by atoms with Crippen LogP contribution in [0, 0.1) is 5.92 Å². The van der Waals surface area contributed by atoms with Gasteiger partial charge in [0.15, 0.2) is 5.82 Å². The largest absolute Gasteiger partial charge is 0.388 e. The molecule has 5 nitrogen and oxygen atoms in total. The molecular weight excluding hydrogens is 192 g/mol. The molecule has 0 aliphatic carbocycles. The summed E-state index contributed by atoms with van der Waals surface area (Å²) in [6, 6.07) is 0.477. The van der Waals surface area contributed by atoms with Crippen molar-refractivity contribution in [2.75, 3.05) is 19.6 Å². The summed E-state index contributed by atoms with van der Waals surface area (Å²) in [6.45, 7) is 3.55. The molecule has 0 amide bonds. The number of hydrogen-bond acceptors (Lipinski definition) is 4. The molecule has 0 radical (unpaired) electrons. The fourth-order valence-corrected chi connectivity index (χ4v) is 2.91. The van der Waals surface area contributed by atoms with Crippen molar-refractivity contribution in [1.29, 1.82) is 0 Å². The predicted octanol–water partition coefficient (Wildman–Crippen LogP) is 0.0371. The maximum Gasteiger partial charge on any atom is 0.158 e. The molecule has 0 aromatic carbocycles.